The molecule has 1 amide bonds. The Kier molecular flexibility index (Phi) is 2.56. The van der Waals surface area contributed by atoms with E-state index in [1.165, 1.54) is 0 Å². The van der Waals surface area contributed by atoms with Gasteiger partial charge in [-0.05, 0) is 24.1 Å². The summed E-state index contributed by atoms with van der Waals surface area (Å²) < 4.78 is 0. The summed E-state index contributed by atoms with van der Waals surface area (Å²) in [6.07, 6.45) is 8.13. The van der Waals surface area contributed by atoms with Crippen LogP contribution in [0.1, 0.15) is 12.5 Å². The predicted octanol–water partition coefficient (Wildman–Crippen LogP) is 3.18. The smallest absolute Gasteiger partial charge is 0.267 e. The first-order valence-corrected chi connectivity index (χ1v) is 6.01. The first-order chi connectivity index (χ1) is 8.74. The van der Waals surface area contributed by atoms with E-state index in [1.807, 2.05) is 49.4 Å². The Morgan fingerprint density at radius 1 is 1.17 bits per heavy atom. The first-order valence-electron chi connectivity index (χ1n) is 6.01. The van der Waals surface area contributed by atoms with Crippen molar-refractivity contribution in [1.29, 1.82) is 0 Å². The molecular formula is C16H13NO. The number of carbonyl (C=O) groups excluding carboxylic acids is 1. The Hall–Kier alpha value is -2.22. The highest BCUT2D eigenvalue weighted by Crippen LogP contribution is 2.27. The molecular weight excluding hydrogens is 222 g/mol. The van der Waals surface area contributed by atoms with Crippen LogP contribution in [0.25, 0.3) is 5.57 Å². The quantitative estimate of drug-likeness (QED) is 0.735. The molecule has 1 aromatic carbocycles. The third kappa shape index (κ3) is 1.86. The predicted molar refractivity (Wildman–Crippen MR) is 73.2 cm³/mol. The summed E-state index contributed by atoms with van der Waals surface area (Å²) in [7, 11) is 0. The molecule has 0 fully saturated rings. The molecule has 2 nitrogen and oxygen atoms in total. The molecule has 2 heteroatoms. The van der Waals surface area contributed by atoms with Gasteiger partial charge in [-0.3, -0.25) is 4.79 Å². The lowest BCUT2D eigenvalue weighted by Crippen LogP contribution is -2.19. The maximum Gasteiger partial charge on any atom is 0.277 e. The van der Waals surface area contributed by atoms with Gasteiger partial charge in [0.05, 0.1) is 5.71 Å². The fourth-order valence-electron chi connectivity index (χ4n) is 2.25. The molecule has 0 saturated heterocycles. The Labute approximate surface area is 106 Å². The van der Waals surface area contributed by atoms with Crippen LogP contribution < -0.4 is 0 Å². The van der Waals surface area contributed by atoms with Crippen molar-refractivity contribution in [3.8, 4) is 0 Å². The molecule has 1 unspecified atom stereocenters. The average Bonchev–Trinajstić information content (AvgIpc) is 2.39. The lowest BCUT2D eigenvalue weighted by molar-refractivity contribution is -0.112. The summed E-state index contributed by atoms with van der Waals surface area (Å²) in [5.74, 6) is -0.0200. The van der Waals surface area contributed by atoms with Gasteiger partial charge in [-0.1, -0.05) is 48.6 Å². The topological polar surface area (TPSA) is 29.4 Å². The normalized spacial score (nSPS) is 21.9. The van der Waals surface area contributed by atoms with E-state index in [0.29, 0.717) is 5.57 Å². The summed E-state index contributed by atoms with van der Waals surface area (Å²) in [6, 6.07) is 9.70. The molecule has 88 valence electrons. The fourth-order valence-corrected chi connectivity index (χ4v) is 2.25. The highest BCUT2D eigenvalue weighted by Gasteiger charge is 2.23. The third-order valence-electron chi connectivity index (χ3n) is 3.18. The second-order valence-corrected chi connectivity index (χ2v) is 4.56. The molecule has 0 bridgehead atoms. The van der Waals surface area contributed by atoms with Gasteiger partial charge in [0.25, 0.3) is 5.91 Å². The molecule has 1 heterocycles. The number of rotatable bonds is 1. The van der Waals surface area contributed by atoms with E-state index in [4.69, 9.17) is 0 Å². The van der Waals surface area contributed by atoms with Crippen molar-refractivity contribution >= 4 is 17.2 Å². The van der Waals surface area contributed by atoms with Crippen molar-refractivity contribution in [2.75, 3.05) is 0 Å². The van der Waals surface area contributed by atoms with Crippen molar-refractivity contribution in [3.05, 3.63) is 65.8 Å². The number of dihydropyridines is 1. The molecule has 2 aliphatic rings. The number of aliphatic imine (C=N–C) groups is 1. The summed E-state index contributed by atoms with van der Waals surface area (Å²) in [5.41, 5.74) is 3.61. The number of carbonyl (C=O) groups is 1. The van der Waals surface area contributed by atoms with Crippen molar-refractivity contribution < 1.29 is 4.79 Å². The number of hydrogen-bond acceptors (Lipinski definition) is 1. The minimum absolute atomic E-state index is 0.126. The monoisotopic (exact) mass is 235 g/mol. The second kappa shape index (κ2) is 4.22. The van der Waals surface area contributed by atoms with E-state index in [-0.39, 0.29) is 11.8 Å². The Balaban J connectivity index is 2.02. The van der Waals surface area contributed by atoms with Crippen LogP contribution in [0.5, 0.6) is 0 Å². The molecule has 0 radical (unpaired) electrons. The van der Waals surface area contributed by atoms with E-state index in [0.717, 1.165) is 16.8 Å². The summed E-state index contributed by atoms with van der Waals surface area (Å²) in [5, 5.41) is 0. The minimum Gasteiger partial charge on any atom is -0.267 e. The van der Waals surface area contributed by atoms with Crippen molar-refractivity contribution in [2.24, 2.45) is 10.9 Å². The third-order valence-corrected chi connectivity index (χ3v) is 3.18. The van der Waals surface area contributed by atoms with Gasteiger partial charge in [0, 0.05) is 11.5 Å². The number of hydrogen-bond donors (Lipinski definition) is 0. The van der Waals surface area contributed by atoms with Crippen LogP contribution >= 0.6 is 0 Å². The zero-order valence-corrected chi connectivity index (χ0v) is 10.1. The van der Waals surface area contributed by atoms with Crippen LogP contribution in [0, 0.1) is 5.92 Å². The highest BCUT2D eigenvalue weighted by atomic mass is 16.1. The Morgan fingerprint density at radius 3 is 2.72 bits per heavy atom. The Bertz CT molecular complexity index is 618. The van der Waals surface area contributed by atoms with Gasteiger partial charge in [-0.15, -0.1) is 0 Å². The van der Waals surface area contributed by atoms with E-state index in [9.17, 15) is 4.79 Å². The molecule has 1 atom stereocenters. The highest BCUT2D eigenvalue weighted by molar-refractivity contribution is 6.27. The number of benzene rings is 1. The largest absolute Gasteiger partial charge is 0.277 e. The van der Waals surface area contributed by atoms with E-state index < -0.39 is 0 Å². The van der Waals surface area contributed by atoms with Gasteiger partial charge in [0.2, 0.25) is 0 Å². The zero-order valence-electron chi connectivity index (χ0n) is 10.1. The van der Waals surface area contributed by atoms with Gasteiger partial charge in [-0.2, -0.15) is 0 Å². The minimum atomic E-state index is -0.146. The van der Waals surface area contributed by atoms with E-state index in [2.05, 4.69) is 17.1 Å². The molecule has 0 spiro atoms. The van der Waals surface area contributed by atoms with Gasteiger partial charge in [-0.25, -0.2) is 4.99 Å². The average molecular weight is 235 g/mol. The SMILES string of the molecule is CC1=CC2=NC(=O)C(c3ccccc3)=CC2C=C1. The lowest BCUT2D eigenvalue weighted by atomic mass is 9.88. The second-order valence-electron chi connectivity index (χ2n) is 4.56. The summed E-state index contributed by atoms with van der Waals surface area (Å²) in [6.45, 7) is 2.01. The maximum atomic E-state index is 12.0. The van der Waals surface area contributed by atoms with E-state index >= 15 is 0 Å². The fraction of sp³-hybridized carbons (Fsp3) is 0.125. The number of fused-ring (bicyclic) bond motifs is 1. The van der Waals surface area contributed by atoms with Crippen LogP contribution in [0.4, 0.5) is 0 Å². The molecule has 0 aromatic heterocycles. The maximum absolute atomic E-state index is 12.0. The molecule has 18 heavy (non-hydrogen) atoms. The summed E-state index contributed by atoms with van der Waals surface area (Å²) >= 11 is 0. The molecule has 0 N–H and O–H groups in total. The lowest BCUT2D eigenvalue weighted by Gasteiger charge is -2.19. The van der Waals surface area contributed by atoms with Gasteiger partial charge < -0.3 is 0 Å². The molecule has 1 aromatic rings. The van der Waals surface area contributed by atoms with Gasteiger partial charge in [0.15, 0.2) is 0 Å². The molecule has 3 rings (SSSR count). The van der Waals surface area contributed by atoms with Gasteiger partial charge in [0.1, 0.15) is 0 Å². The zero-order chi connectivity index (χ0) is 12.5. The van der Waals surface area contributed by atoms with Crippen LogP contribution in [-0.2, 0) is 4.79 Å². The molecule has 1 aliphatic carbocycles. The van der Waals surface area contributed by atoms with E-state index in [1.54, 1.807) is 0 Å². The van der Waals surface area contributed by atoms with Crippen LogP contribution in [0.2, 0.25) is 0 Å². The van der Waals surface area contributed by atoms with Crippen molar-refractivity contribution in [3.63, 3.8) is 0 Å². The number of nitrogens with zero attached hydrogens (tertiary/aromatic N) is 1. The standard InChI is InChI=1S/C16H13NO/c1-11-7-8-13-10-14(12-5-3-2-4-6-12)16(18)17-15(13)9-11/h2-10,13H,1H3. The van der Waals surface area contributed by atoms with Crippen molar-refractivity contribution in [1.82, 2.24) is 0 Å². The number of allylic oxidation sites excluding steroid dienone is 5. The number of amides is 1. The van der Waals surface area contributed by atoms with Crippen LogP contribution in [0.3, 0.4) is 0 Å². The van der Waals surface area contributed by atoms with Crippen LogP contribution in [-0.4, -0.2) is 11.6 Å². The van der Waals surface area contributed by atoms with Crippen LogP contribution in [0.15, 0.2) is 65.2 Å². The summed E-state index contributed by atoms with van der Waals surface area (Å²) in [4.78, 5) is 16.2. The first kappa shape index (κ1) is 10.9. The Morgan fingerprint density at radius 2 is 1.94 bits per heavy atom. The van der Waals surface area contributed by atoms with Crippen molar-refractivity contribution in [2.45, 2.75) is 6.92 Å². The molecule has 0 saturated carbocycles. The molecule has 1 aliphatic heterocycles. The van der Waals surface area contributed by atoms with Gasteiger partial charge >= 0.3 is 0 Å².